The Labute approximate surface area is 108 Å². The van der Waals surface area contributed by atoms with Gasteiger partial charge in [-0.1, -0.05) is 50.4 Å². The molecule has 0 aromatic heterocycles. The lowest BCUT2D eigenvalue weighted by Crippen LogP contribution is -2.20. The van der Waals surface area contributed by atoms with Crippen molar-refractivity contribution in [2.24, 2.45) is 5.92 Å². The third-order valence-corrected chi connectivity index (χ3v) is 3.83. The molecule has 0 saturated heterocycles. The van der Waals surface area contributed by atoms with Crippen molar-refractivity contribution in [1.82, 2.24) is 5.32 Å². The van der Waals surface area contributed by atoms with Gasteiger partial charge in [-0.25, -0.2) is 4.39 Å². The first-order valence-electron chi connectivity index (χ1n) is 6.25. The van der Waals surface area contributed by atoms with Gasteiger partial charge in [0.25, 0.3) is 0 Å². The molecule has 0 aliphatic heterocycles. The summed E-state index contributed by atoms with van der Waals surface area (Å²) in [5, 5.41) is 3.48. The maximum Gasteiger partial charge on any atom is 0.142 e. The van der Waals surface area contributed by atoms with Gasteiger partial charge in [-0.3, -0.25) is 0 Å². The fraction of sp³-hybridized carbons (Fsp3) is 0.571. The van der Waals surface area contributed by atoms with Crippen molar-refractivity contribution < 1.29 is 4.39 Å². The Morgan fingerprint density at radius 1 is 1.29 bits per heavy atom. The van der Waals surface area contributed by atoms with Crippen molar-refractivity contribution in [2.45, 2.75) is 39.2 Å². The van der Waals surface area contributed by atoms with E-state index in [0.29, 0.717) is 5.92 Å². The van der Waals surface area contributed by atoms with Gasteiger partial charge in [-0.2, -0.15) is 0 Å². The molecular formula is C14H21ClFN. The second-order valence-electron chi connectivity index (χ2n) is 4.40. The Balaban J connectivity index is 2.89. The summed E-state index contributed by atoms with van der Waals surface area (Å²) in [6, 6.07) is 5.14. The Hall–Kier alpha value is -0.600. The third-order valence-electron chi connectivity index (χ3n) is 3.43. The van der Waals surface area contributed by atoms with Crippen molar-refractivity contribution in [3.63, 3.8) is 0 Å². The second-order valence-corrected chi connectivity index (χ2v) is 4.78. The molecule has 17 heavy (non-hydrogen) atoms. The van der Waals surface area contributed by atoms with E-state index < -0.39 is 0 Å². The molecule has 0 radical (unpaired) electrons. The number of rotatable bonds is 6. The number of hydrogen-bond acceptors (Lipinski definition) is 1. The minimum atomic E-state index is -0.339. The lowest BCUT2D eigenvalue weighted by atomic mass is 9.91. The molecule has 0 bridgehead atoms. The van der Waals surface area contributed by atoms with E-state index >= 15 is 0 Å². The van der Waals surface area contributed by atoms with E-state index in [-0.39, 0.29) is 16.9 Å². The van der Waals surface area contributed by atoms with Crippen LogP contribution in [0.15, 0.2) is 18.2 Å². The molecular weight excluding hydrogens is 237 g/mol. The van der Waals surface area contributed by atoms with Crippen LogP contribution in [0.4, 0.5) is 4.39 Å². The average molecular weight is 258 g/mol. The van der Waals surface area contributed by atoms with E-state index in [9.17, 15) is 4.39 Å². The van der Waals surface area contributed by atoms with E-state index in [2.05, 4.69) is 19.2 Å². The van der Waals surface area contributed by atoms with Gasteiger partial charge in [0.1, 0.15) is 5.82 Å². The summed E-state index contributed by atoms with van der Waals surface area (Å²) in [6.07, 6.45) is 3.27. The maximum absolute atomic E-state index is 13.4. The van der Waals surface area contributed by atoms with Crippen LogP contribution in [0.3, 0.4) is 0 Å². The van der Waals surface area contributed by atoms with Gasteiger partial charge in [-0.05, 0) is 31.0 Å². The zero-order valence-corrected chi connectivity index (χ0v) is 11.5. The van der Waals surface area contributed by atoms with E-state index in [0.717, 1.165) is 24.8 Å². The number of benzene rings is 1. The van der Waals surface area contributed by atoms with Crippen LogP contribution in [-0.2, 0) is 0 Å². The summed E-state index contributed by atoms with van der Waals surface area (Å²) in [5.74, 6) is 0.306. The normalized spacial score (nSPS) is 13.1. The first kappa shape index (κ1) is 14.5. The Kier molecular flexibility index (Phi) is 5.93. The highest BCUT2D eigenvalue weighted by molar-refractivity contribution is 6.31. The van der Waals surface area contributed by atoms with Gasteiger partial charge in [0.15, 0.2) is 0 Å². The van der Waals surface area contributed by atoms with Gasteiger partial charge in [-0.15, -0.1) is 0 Å². The molecule has 1 aromatic carbocycles. The maximum atomic E-state index is 13.4. The van der Waals surface area contributed by atoms with Crippen LogP contribution in [0.2, 0.25) is 5.02 Å². The predicted molar refractivity (Wildman–Crippen MR) is 71.9 cm³/mol. The zero-order valence-electron chi connectivity index (χ0n) is 10.8. The molecule has 1 atom stereocenters. The molecule has 0 heterocycles. The highest BCUT2D eigenvalue weighted by atomic mass is 35.5. The Morgan fingerprint density at radius 3 is 2.47 bits per heavy atom. The van der Waals surface area contributed by atoms with Crippen molar-refractivity contribution in [3.05, 3.63) is 34.6 Å². The van der Waals surface area contributed by atoms with E-state index in [1.807, 2.05) is 13.1 Å². The SMILES string of the molecule is CCC(CC)CC(NC)c1cccc(F)c1Cl. The topological polar surface area (TPSA) is 12.0 Å². The van der Waals surface area contributed by atoms with E-state index in [1.54, 1.807) is 6.07 Å². The van der Waals surface area contributed by atoms with Crippen LogP contribution in [0.25, 0.3) is 0 Å². The van der Waals surface area contributed by atoms with Crippen molar-refractivity contribution in [2.75, 3.05) is 7.05 Å². The van der Waals surface area contributed by atoms with Gasteiger partial charge in [0, 0.05) is 6.04 Å². The molecule has 1 unspecified atom stereocenters. The largest absolute Gasteiger partial charge is 0.313 e. The number of hydrogen-bond donors (Lipinski definition) is 1. The van der Waals surface area contributed by atoms with E-state index in [1.165, 1.54) is 6.07 Å². The first-order valence-corrected chi connectivity index (χ1v) is 6.62. The smallest absolute Gasteiger partial charge is 0.142 e. The monoisotopic (exact) mass is 257 g/mol. The molecule has 0 spiro atoms. The summed E-state index contributed by atoms with van der Waals surface area (Å²) in [4.78, 5) is 0. The highest BCUT2D eigenvalue weighted by Gasteiger charge is 2.18. The molecule has 0 aliphatic carbocycles. The van der Waals surface area contributed by atoms with Gasteiger partial charge >= 0.3 is 0 Å². The van der Waals surface area contributed by atoms with Crippen molar-refractivity contribution in [3.8, 4) is 0 Å². The highest BCUT2D eigenvalue weighted by Crippen LogP contribution is 2.31. The van der Waals surface area contributed by atoms with Crippen molar-refractivity contribution >= 4 is 11.6 Å². The minimum Gasteiger partial charge on any atom is -0.313 e. The van der Waals surface area contributed by atoms with Gasteiger partial charge in [0.2, 0.25) is 0 Å². The molecule has 0 amide bonds. The van der Waals surface area contributed by atoms with Gasteiger partial charge in [0.05, 0.1) is 5.02 Å². The fourth-order valence-electron chi connectivity index (χ4n) is 2.15. The van der Waals surface area contributed by atoms with Crippen LogP contribution < -0.4 is 5.32 Å². The Bertz CT molecular complexity index is 350. The van der Waals surface area contributed by atoms with Crippen LogP contribution in [-0.4, -0.2) is 7.05 Å². The lowest BCUT2D eigenvalue weighted by molar-refractivity contribution is 0.384. The van der Waals surface area contributed by atoms with Crippen molar-refractivity contribution in [1.29, 1.82) is 0 Å². The molecule has 1 nitrogen and oxygen atoms in total. The summed E-state index contributed by atoms with van der Waals surface area (Å²) >= 11 is 6.02. The number of halogens is 2. The predicted octanol–water partition coefficient (Wildman–Crippen LogP) is 4.57. The number of nitrogens with one attached hydrogen (secondary N) is 1. The molecule has 1 N–H and O–H groups in total. The summed E-state index contributed by atoms with van der Waals surface area (Å²) in [7, 11) is 1.90. The molecule has 1 rings (SSSR count). The zero-order chi connectivity index (χ0) is 12.8. The van der Waals surface area contributed by atoms with E-state index in [4.69, 9.17) is 11.6 Å². The average Bonchev–Trinajstić information content (AvgIpc) is 2.35. The Morgan fingerprint density at radius 2 is 1.94 bits per heavy atom. The summed E-state index contributed by atoms with van der Waals surface area (Å²) in [6.45, 7) is 4.38. The fourth-order valence-corrected chi connectivity index (χ4v) is 2.40. The molecule has 96 valence electrons. The van der Waals surface area contributed by atoms with Crippen LogP contribution in [0.5, 0.6) is 0 Å². The lowest BCUT2D eigenvalue weighted by Gasteiger charge is -2.23. The molecule has 3 heteroatoms. The van der Waals surface area contributed by atoms with Crippen LogP contribution in [0, 0.1) is 11.7 Å². The molecule has 0 saturated carbocycles. The third kappa shape index (κ3) is 3.68. The second kappa shape index (κ2) is 6.97. The van der Waals surface area contributed by atoms with Gasteiger partial charge < -0.3 is 5.32 Å². The summed E-state index contributed by atoms with van der Waals surface area (Å²) in [5.41, 5.74) is 0.862. The summed E-state index contributed by atoms with van der Waals surface area (Å²) < 4.78 is 13.4. The van der Waals surface area contributed by atoms with Crippen LogP contribution in [0.1, 0.15) is 44.7 Å². The molecule has 0 fully saturated rings. The quantitative estimate of drug-likeness (QED) is 0.787. The van der Waals surface area contributed by atoms with Crippen LogP contribution >= 0.6 is 11.6 Å². The standard InChI is InChI=1S/C14H21ClFN/c1-4-10(5-2)9-13(17-3)11-7-6-8-12(16)14(11)15/h6-8,10,13,17H,4-5,9H2,1-3H3. The minimum absolute atomic E-state index is 0.128. The molecule has 0 aliphatic rings. The first-order chi connectivity index (χ1) is 8.13. The molecule has 1 aromatic rings.